The summed E-state index contributed by atoms with van der Waals surface area (Å²) in [5, 5.41) is 2.96. The fraction of sp³-hybridized carbons (Fsp3) is 0.368. The number of hydrogen-bond acceptors (Lipinski definition) is 5. The number of ether oxygens (including phenoxy) is 3. The molecule has 0 aliphatic heterocycles. The van der Waals surface area contributed by atoms with Gasteiger partial charge in [-0.25, -0.2) is 4.98 Å². The number of carbonyl (C=O) groups is 1. The Hall–Kier alpha value is -2.76. The van der Waals surface area contributed by atoms with Crippen LogP contribution in [0.4, 0.5) is 0 Å². The van der Waals surface area contributed by atoms with Crippen LogP contribution in [0.3, 0.4) is 0 Å². The number of nitrogens with zero attached hydrogens (tertiary/aromatic N) is 1. The quantitative estimate of drug-likeness (QED) is 0.834. The van der Waals surface area contributed by atoms with Crippen molar-refractivity contribution in [1.29, 1.82) is 0 Å². The molecule has 2 aromatic rings. The Kier molecular flexibility index (Phi) is 6.22. The van der Waals surface area contributed by atoms with Crippen LogP contribution in [0.25, 0.3) is 0 Å². The molecule has 1 heterocycles. The highest BCUT2D eigenvalue weighted by atomic mass is 16.5. The topological polar surface area (TPSA) is 69.7 Å². The number of carbonyl (C=O) groups excluding carboxylic acids is 1. The van der Waals surface area contributed by atoms with Gasteiger partial charge in [-0.05, 0) is 50.6 Å². The van der Waals surface area contributed by atoms with E-state index >= 15 is 0 Å². The van der Waals surface area contributed by atoms with Gasteiger partial charge in [0.2, 0.25) is 5.88 Å². The first-order valence-electron chi connectivity index (χ1n) is 8.13. The van der Waals surface area contributed by atoms with Crippen LogP contribution in [0.15, 0.2) is 30.3 Å². The molecule has 0 radical (unpaired) electrons. The zero-order chi connectivity index (χ0) is 18.4. The maximum atomic E-state index is 12.6. The molecule has 0 aliphatic carbocycles. The van der Waals surface area contributed by atoms with Crippen molar-refractivity contribution in [3.63, 3.8) is 0 Å². The van der Waals surface area contributed by atoms with Gasteiger partial charge in [0.15, 0.2) is 11.5 Å². The molecule has 2 rings (SSSR count). The Morgan fingerprint density at radius 3 is 2.52 bits per heavy atom. The Morgan fingerprint density at radius 1 is 1.16 bits per heavy atom. The van der Waals surface area contributed by atoms with Crippen molar-refractivity contribution in [3.8, 4) is 17.4 Å². The first kappa shape index (κ1) is 18.6. The second-order valence-corrected chi connectivity index (χ2v) is 5.55. The first-order chi connectivity index (χ1) is 12.0. The van der Waals surface area contributed by atoms with Gasteiger partial charge in [-0.3, -0.25) is 4.79 Å². The molecule has 25 heavy (non-hydrogen) atoms. The highest BCUT2D eigenvalue weighted by molar-refractivity contribution is 5.96. The summed E-state index contributed by atoms with van der Waals surface area (Å²) in [5.74, 6) is 1.37. The molecule has 6 nitrogen and oxygen atoms in total. The smallest absolute Gasteiger partial charge is 0.257 e. The summed E-state index contributed by atoms with van der Waals surface area (Å²) >= 11 is 0. The molecule has 0 fully saturated rings. The summed E-state index contributed by atoms with van der Waals surface area (Å²) in [4.78, 5) is 16.9. The van der Waals surface area contributed by atoms with Crippen LogP contribution in [-0.4, -0.2) is 31.7 Å². The summed E-state index contributed by atoms with van der Waals surface area (Å²) < 4.78 is 16.0. The fourth-order valence-electron chi connectivity index (χ4n) is 2.43. The van der Waals surface area contributed by atoms with Gasteiger partial charge < -0.3 is 19.5 Å². The second-order valence-electron chi connectivity index (χ2n) is 5.55. The monoisotopic (exact) mass is 344 g/mol. The molecule has 1 N–H and O–H groups in total. The molecular weight excluding hydrogens is 320 g/mol. The third kappa shape index (κ3) is 4.41. The van der Waals surface area contributed by atoms with Crippen LogP contribution in [0.2, 0.25) is 0 Å². The lowest BCUT2D eigenvalue weighted by Crippen LogP contribution is -2.27. The van der Waals surface area contributed by atoms with Gasteiger partial charge in [-0.2, -0.15) is 0 Å². The van der Waals surface area contributed by atoms with E-state index in [4.69, 9.17) is 14.2 Å². The highest BCUT2D eigenvalue weighted by Crippen LogP contribution is 2.30. The molecule has 0 saturated carbocycles. The summed E-state index contributed by atoms with van der Waals surface area (Å²) in [6.45, 7) is 6.07. The van der Waals surface area contributed by atoms with E-state index in [1.54, 1.807) is 26.4 Å². The van der Waals surface area contributed by atoms with Gasteiger partial charge in [-0.15, -0.1) is 0 Å². The van der Waals surface area contributed by atoms with Crippen molar-refractivity contribution in [2.75, 3.05) is 20.8 Å². The zero-order valence-corrected chi connectivity index (χ0v) is 15.3. The Bertz CT molecular complexity index is 746. The van der Waals surface area contributed by atoms with Crippen LogP contribution < -0.4 is 19.5 Å². The maximum absolute atomic E-state index is 12.6. The molecule has 0 unspecified atom stereocenters. The lowest BCUT2D eigenvalue weighted by Gasteiger charge is -2.17. The molecular formula is C19H24N2O4. The van der Waals surface area contributed by atoms with Gasteiger partial charge >= 0.3 is 0 Å². The number of nitrogens with one attached hydrogen (secondary N) is 1. The van der Waals surface area contributed by atoms with E-state index in [9.17, 15) is 4.79 Å². The van der Waals surface area contributed by atoms with Crippen molar-refractivity contribution >= 4 is 5.91 Å². The predicted octanol–water partition coefficient (Wildman–Crippen LogP) is 3.30. The zero-order valence-electron chi connectivity index (χ0n) is 15.3. The van der Waals surface area contributed by atoms with Crippen LogP contribution in [0, 0.1) is 6.92 Å². The molecule has 134 valence electrons. The van der Waals surface area contributed by atoms with E-state index < -0.39 is 0 Å². The molecule has 0 saturated heterocycles. The molecule has 6 heteroatoms. The number of benzene rings is 1. The van der Waals surface area contributed by atoms with Crippen molar-refractivity contribution in [3.05, 3.63) is 47.2 Å². The minimum absolute atomic E-state index is 0.219. The first-order valence-corrected chi connectivity index (χ1v) is 8.13. The van der Waals surface area contributed by atoms with Crippen LogP contribution in [-0.2, 0) is 0 Å². The van der Waals surface area contributed by atoms with E-state index in [1.165, 1.54) is 0 Å². The van der Waals surface area contributed by atoms with Gasteiger partial charge in [0.25, 0.3) is 5.91 Å². The van der Waals surface area contributed by atoms with Crippen molar-refractivity contribution < 1.29 is 19.0 Å². The minimum atomic E-state index is -0.238. The van der Waals surface area contributed by atoms with E-state index in [1.807, 2.05) is 39.0 Å². The van der Waals surface area contributed by atoms with E-state index in [0.29, 0.717) is 29.5 Å². The van der Waals surface area contributed by atoms with Crippen molar-refractivity contribution in [2.24, 2.45) is 0 Å². The summed E-state index contributed by atoms with van der Waals surface area (Å²) in [7, 11) is 3.17. The third-order valence-corrected chi connectivity index (χ3v) is 3.78. The average Bonchev–Trinajstić information content (AvgIpc) is 2.61. The standard InChI is InChI=1S/C19H24N2O4/c1-6-25-19-15(9-7-12(2)20-19)18(22)21-13(3)14-8-10-16(23-4)17(11-14)24-5/h7-11,13H,6H2,1-5H3,(H,21,22)/t13-/m0/s1. The molecule has 0 bridgehead atoms. The summed E-state index contributed by atoms with van der Waals surface area (Å²) in [6, 6.07) is 8.85. The minimum Gasteiger partial charge on any atom is -0.493 e. The Morgan fingerprint density at radius 2 is 1.88 bits per heavy atom. The fourth-order valence-corrected chi connectivity index (χ4v) is 2.43. The number of amides is 1. The molecule has 1 amide bonds. The van der Waals surface area contributed by atoms with Crippen molar-refractivity contribution in [2.45, 2.75) is 26.8 Å². The van der Waals surface area contributed by atoms with E-state index in [2.05, 4.69) is 10.3 Å². The molecule has 0 spiro atoms. The SMILES string of the molecule is CCOc1nc(C)ccc1C(=O)N[C@@H](C)c1ccc(OC)c(OC)c1. The van der Waals surface area contributed by atoms with Gasteiger partial charge in [0, 0.05) is 5.69 Å². The predicted molar refractivity (Wildman–Crippen MR) is 95.6 cm³/mol. The highest BCUT2D eigenvalue weighted by Gasteiger charge is 2.18. The van der Waals surface area contributed by atoms with Crippen LogP contribution in [0.5, 0.6) is 17.4 Å². The number of aryl methyl sites for hydroxylation is 1. The number of pyridine rings is 1. The molecule has 0 aliphatic rings. The largest absolute Gasteiger partial charge is 0.493 e. The van der Waals surface area contributed by atoms with Gasteiger partial charge in [-0.1, -0.05) is 6.07 Å². The van der Waals surface area contributed by atoms with Gasteiger partial charge in [0.05, 0.1) is 26.9 Å². The molecule has 1 aromatic heterocycles. The maximum Gasteiger partial charge on any atom is 0.257 e. The Balaban J connectivity index is 2.20. The average molecular weight is 344 g/mol. The number of rotatable bonds is 7. The van der Waals surface area contributed by atoms with Crippen LogP contribution >= 0.6 is 0 Å². The second kappa shape index (κ2) is 8.37. The van der Waals surface area contributed by atoms with Gasteiger partial charge in [0.1, 0.15) is 5.56 Å². The summed E-state index contributed by atoms with van der Waals surface area (Å²) in [6.07, 6.45) is 0. The van der Waals surface area contributed by atoms with Crippen LogP contribution in [0.1, 0.15) is 41.5 Å². The number of methoxy groups -OCH3 is 2. The lowest BCUT2D eigenvalue weighted by molar-refractivity contribution is 0.0935. The Labute approximate surface area is 148 Å². The van der Waals surface area contributed by atoms with E-state index in [-0.39, 0.29) is 11.9 Å². The molecule has 1 atom stereocenters. The molecule has 1 aromatic carbocycles. The third-order valence-electron chi connectivity index (χ3n) is 3.78. The van der Waals surface area contributed by atoms with E-state index in [0.717, 1.165) is 11.3 Å². The normalized spacial score (nSPS) is 11.6. The lowest BCUT2D eigenvalue weighted by atomic mass is 10.1. The van der Waals surface area contributed by atoms with Crippen molar-refractivity contribution in [1.82, 2.24) is 10.3 Å². The number of hydrogen-bond donors (Lipinski definition) is 1. The summed E-state index contributed by atoms with van der Waals surface area (Å²) in [5.41, 5.74) is 2.12. The number of aromatic nitrogens is 1.